The number of benzene rings is 1. The van der Waals surface area contributed by atoms with Crippen molar-refractivity contribution in [1.82, 2.24) is 20.0 Å². The van der Waals surface area contributed by atoms with E-state index in [1.165, 1.54) is 0 Å². The molecular weight excluding hydrogens is 442 g/mol. The monoisotopic (exact) mass is 463 g/mol. The quantitative estimate of drug-likeness (QED) is 0.745. The standard InChI is InChI=1S/C20H22ClN5O4S/c21-14-4-1-5-15(11-14)22-16(27)17-23-24-18(31-17)20(29)26-6-2-3-13(12-26)19(28)25-7-9-30-10-8-25/h1,4-5,11,13H,2-3,6-10,12H2,(H,22,27)/t13-/m1/s1. The van der Waals surface area contributed by atoms with E-state index < -0.39 is 5.91 Å². The first kappa shape index (κ1) is 21.7. The number of halogens is 1. The Morgan fingerprint density at radius 3 is 2.65 bits per heavy atom. The molecule has 11 heteroatoms. The fourth-order valence-corrected chi connectivity index (χ4v) is 4.59. The number of piperidine rings is 1. The van der Waals surface area contributed by atoms with Crippen LogP contribution in [-0.4, -0.2) is 77.1 Å². The zero-order valence-corrected chi connectivity index (χ0v) is 18.3. The van der Waals surface area contributed by atoms with Gasteiger partial charge in [0.05, 0.1) is 19.1 Å². The number of amides is 3. The summed E-state index contributed by atoms with van der Waals surface area (Å²) >= 11 is 6.86. The van der Waals surface area contributed by atoms with Crippen molar-refractivity contribution in [2.75, 3.05) is 44.7 Å². The fraction of sp³-hybridized carbons (Fsp3) is 0.450. The Hall–Kier alpha value is -2.56. The molecule has 0 saturated carbocycles. The molecule has 0 aliphatic carbocycles. The number of carbonyl (C=O) groups excluding carboxylic acids is 3. The maximum absolute atomic E-state index is 12.9. The van der Waals surface area contributed by atoms with Gasteiger partial charge in [-0.2, -0.15) is 0 Å². The topological polar surface area (TPSA) is 105 Å². The second-order valence-corrected chi connectivity index (χ2v) is 8.82. The van der Waals surface area contributed by atoms with Crippen LogP contribution in [0.25, 0.3) is 0 Å². The molecule has 3 heterocycles. The SMILES string of the molecule is O=C(Nc1cccc(Cl)c1)c1nnc(C(=O)N2CCC[C@@H](C(=O)N3CCOCC3)C2)s1. The molecule has 2 aliphatic heterocycles. The van der Waals surface area contributed by atoms with E-state index in [9.17, 15) is 14.4 Å². The van der Waals surface area contributed by atoms with Crippen molar-refractivity contribution in [2.24, 2.45) is 5.92 Å². The van der Waals surface area contributed by atoms with Crippen LogP contribution >= 0.6 is 22.9 Å². The van der Waals surface area contributed by atoms with Gasteiger partial charge in [-0.1, -0.05) is 29.0 Å². The Kier molecular flexibility index (Phi) is 6.79. The van der Waals surface area contributed by atoms with Crippen LogP contribution in [0.3, 0.4) is 0 Å². The molecular formula is C20H22ClN5O4S. The van der Waals surface area contributed by atoms with E-state index in [0.717, 1.165) is 24.2 Å². The van der Waals surface area contributed by atoms with E-state index in [1.54, 1.807) is 29.2 Å². The van der Waals surface area contributed by atoms with Gasteiger partial charge in [-0.05, 0) is 31.0 Å². The van der Waals surface area contributed by atoms with E-state index in [4.69, 9.17) is 16.3 Å². The van der Waals surface area contributed by atoms with E-state index in [1.807, 2.05) is 4.90 Å². The molecule has 0 unspecified atom stereocenters. The molecule has 1 aromatic heterocycles. The summed E-state index contributed by atoms with van der Waals surface area (Å²) in [6.45, 7) is 3.17. The molecule has 2 aromatic rings. The molecule has 1 atom stereocenters. The number of anilines is 1. The van der Waals surface area contributed by atoms with Crippen molar-refractivity contribution in [3.63, 3.8) is 0 Å². The van der Waals surface area contributed by atoms with E-state index in [2.05, 4.69) is 15.5 Å². The van der Waals surface area contributed by atoms with Crippen molar-refractivity contribution >= 4 is 46.3 Å². The van der Waals surface area contributed by atoms with Gasteiger partial charge in [0, 0.05) is 36.9 Å². The Morgan fingerprint density at radius 2 is 1.87 bits per heavy atom. The summed E-state index contributed by atoms with van der Waals surface area (Å²) in [7, 11) is 0. The van der Waals surface area contributed by atoms with Gasteiger partial charge in [-0.3, -0.25) is 14.4 Å². The minimum Gasteiger partial charge on any atom is -0.378 e. The van der Waals surface area contributed by atoms with Gasteiger partial charge >= 0.3 is 0 Å². The number of nitrogens with zero attached hydrogens (tertiary/aromatic N) is 4. The summed E-state index contributed by atoms with van der Waals surface area (Å²) in [6, 6.07) is 6.74. The van der Waals surface area contributed by atoms with Gasteiger partial charge in [0.15, 0.2) is 0 Å². The lowest BCUT2D eigenvalue weighted by Crippen LogP contribution is -2.49. The Morgan fingerprint density at radius 1 is 1.10 bits per heavy atom. The zero-order valence-electron chi connectivity index (χ0n) is 16.8. The number of hydrogen-bond donors (Lipinski definition) is 1. The molecule has 0 spiro atoms. The van der Waals surface area contributed by atoms with Crippen molar-refractivity contribution in [3.05, 3.63) is 39.3 Å². The molecule has 2 aliphatic rings. The molecule has 1 N–H and O–H groups in total. The van der Waals surface area contributed by atoms with Crippen LogP contribution in [0.15, 0.2) is 24.3 Å². The first-order valence-electron chi connectivity index (χ1n) is 10.1. The number of rotatable bonds is 4. The van der Waals surface area contributed by atoms with Crippen molar-refractivity contribution in [3.8, 4) is 0 Å². The molecule has 4 rings (SSSR count). The highest BCUT2D eigenvalue weighted by Gasteiger charge is 2.33. The Balaban J connectivity index is 1.38. The lowest BCUT2D eigenvalue weighted by molar-refractivity contribution is -0.141. The third-order valence-corrected chi connectivity index (χ3v) is 6.41. The first-order chi connectivity index (χ1) is 15.0. The molecule has 2 fully saturated rings. The molecule has 3 amide bonds. The highest BCUT2D eigenvalue weighted by molar-refractivity contribution is 7.15. The van der Waals surface area contributed by atoms with E-state index >= 15 is 0 Å². The third kappa shape index (κ3) is 5.20. The summed E-state index contributed by atoms with van der Waals surface area (Å²) in [4.78, 5) is 41.6. The fourth-order valence-electron chi connectivity index (χ4n) is 3.69. The summed E-state index contributed by atoms with van der Waals surface area (Å²) in [6.07, 6.45) is 1.50. The highest BCUT2D eigenvalue weighted by atomic mass is 35.5. The number of nitrogens with one attached hydrogen (secondary N) is 1. The van der Waals surface area contributed by atoms with Crippen LogP contribution in [-0.2, 0) is 9.53 Å². The van der Waals surface area contributed by atoms with Crippen LogP contribution < -0.4 is 5.32 Å². The predicted molar refractivity (Wildman–Crippen MR) is 115 cm³/mol. The third-order valence-electron chi connectivity index (χ3n) is 5.27. The van der Waals surface area contributed by atoms with Crippen LogP contribution in [0.1, 0.15) is 32.4 Å². The lowest BCUT2D eigenvalue weighted by Gasteiger charge is -2.35. The van der Waals surface area contributed by atoms with Crippen molar-refractivity contribution < 1.29 is 19.1 Å². The van der Waals surface area contributed by atoms with Gasteiger partial charge in [0.25, 0.3) is 11.8 Å². The first-order valence-corrected chi connectivity index (χ1v) is 11.3. The molecule has 31 heavy (non-hydrogen) atoms. The largest absolute Gasteiger partial charge is 0.378 e. The molecule has 0 radical (unpaired) electrons. The average molecular weight is 464 g/mol. The molecule has 2 saturated heterocycles. The lowest BCUT2D eigenvalue weighted by atomic mass is 9.96. The minimum atomic E-state index is -0.460. The summed E-state index contributed by atoms with van der Waals surface area (Å²) < 4.78 is 5.31. The van der Waals surface area contributed by atoms with Crippen molar-refractivity contribution in [2.45, 2.75) is 12.8 Å². The summed E-state index contributed by atoms with van der Waals surface area (Å²) in [5.74, 6) is -0.925. The number of ether oxygens (including phenoxy) is 1. The summed E-state index contributed by atoms with van der Waals surface area (Å²) in [5, 5.41) is 11.2. The maximum atomic E-state index is 12.9. The van der Waals surface area contributed by atoms with Gasteiger partial charge < -0.3 is 19.9 Å². The number of aromatic nitrogens is 2. The highest BCUT2D eigenvalue weighted by Crippen LogP contribution is 2.23. The molecule has 9 nitrogen and oxygen atoms in total. The number of carbonyl (C=O) groups is 3. The van der Waals surface area contributed by atoms with Gasteiger partial charge in [0.2, 0.25) is 15.9 Å². The van der Waals surface area contributed by atoms with Crippen molar-refractivity contribution in [1.29, 1.82) is 0 Å². The van der Waals surface area contributed by atoms with Gasteiger partial charge in [0.1, 0.15) is 0 Å². The van der Waals surface area contributed by atoms with Crippen LogP contribution in [0.5, 0.6) is 0 Å². The summed E-state index contributed by atoms with van der Waals surface area (Å²) in [5.41, 5.74) is 0.529. The minimum absolute atomic E-state index is 0.0691. The second-order valence-electron chi connectivity index (χ2n) is 7.40. The van der Waals surface area contributed by atoms with Crippen LogP contribution in [0, 0.1) is 5.92 Å². The number of hydrogen-bond acceptors (Lipinski definition) is 7. The number of likely N-dealkylation sites (tertiary alicyclic amines) is 1. The van der Waals surface area contributed by atoms with E-state index in [0.29, 0.717) is 50.1 Å². The second kappa shape index (κ2) is 9.71. The smallest absolute Gasteiger partial charge is 0.286 e. The average Bonchev–Trinajstić information content (AvgIpc) is 3.29. The maximum Gasteiger partial charge on any atom is 0.286 e. The van der Waals surface area contributed by atoms with E-state index in [-0.39, 0.29) is 27.7 Å². The number of morpholine rings is 1. The molecule has 0 bridgehead atoms. The molecule has 164 valence electrons. The predicted octanol–water partition coefficient (Wildman–Crippen LogP) is 2.15. The van der Waals surface area contributed by atoms with Gasteiger partial charge in [-0.25, -0.2) is 0 Å². The normalized spacial score (nSPS) is 19.2. The Labute approximate surface area is 188 Å². The zero-order chi connectivity index (χ0) is 21.8. The Bertz CT molecular complexity index is 978. The van der Waals surface area contributed by atoms with Gasteiger partial charge in [-0.15, -0.1) is 10.2 Å². The molecule has 1 aromatic carbocycles. The van der Waals surface area contributed by atoms with Crippen LogP contribution in [0.4, 0.5) is 5.69 Å². The van der Waals surface area contributed by atoms with Crippen LogP contribution in [0.2, 0.25) is 5.02 Å².